The Kier molecular flexibility index (Phi) is 4.32. The molecule has 0 aromatic heterocycles. The van der Waals surface area contributed by atoms with E-state index in [1.165, 1.54) is 18.2 Å². The van der Waals surface area contributed by atoms with Crippen LogP contribution in [0.1, 0.15) is 26.7 Å². The predicted molar refractivity (Wildman–Crippen MR) is 90.9 cm³/mol. The molecule has 25 heavy (non-hydrogen) atoms. The molecule has 1 aromatic rings. The quantitative estimate of drug-likeness (QED) is 0.495. The number of rotatable bonds is 4. The van der Waals surface area contributed by atoms with Crippen LogP contribution in [-0.2, 0) is 9.59 Å². The number of anilines is 1. The summed E-state index contributed by atoms with van der Waals surface area (Å²) in [6.07, 6.45) is 1.60. The van der Waals surface area contributed by atoms with Crippen molar-refractivity contribution < 1.29 is 19.6 Å². The van der Waals surface area contributed by atoms with Crippen molar-refractivity contribution in [2.24, 2.45) is 23.7 Å². The molecule has 1 amide bonds. The standard InChI is InChI=1S/C18H20N2O5/c1-9(2)14-12-6-7-13(14)16(18(22)23)15(12)17(21)19-10-4-3-5-11(8-10)20(24)25/h3-5,8,12-13,15-16H,6-7H2,1-2H3,(H,19,21)(H,22,23)/t12-,13+,15+,16-/m0/s1. The van der Waals surface area contributed by atoms with Gasteiger partial charge in [-0.25, -0.2) is 0 Å². The summed E-state index contributed by atoms with van der Waals surface area (Å²) < 4.78 is 0. The molecule has 0 saturated heterocycles. The van der Waals surface area contributed by atoms with Crippen molar-refractivity contribution in [1.82, 2.24) is 0 Å². The number of hydrogen-bond donors (Lipinski definition) is 2. The molecule has 2 bridgehead atoms. The highest BCUT2D eigenvalue weighted by molar-refractivity contribution is 5.97. The topological polar surface area (TPSA) is 110 Å². The monoisotopic (exact) mass is 344 g/mol. The summed E-state index contributed by atoms with van der Waals surface area (Å²) in [5.41, 5.74) is 2.38. The Morgan fingerprint density at radius 2 is 1.84 bits per heavy atom. The van der Waals surface area contributed by atoms with E-state index < -0.39 is 22.7 Å². The van der Waals surface area contributed by atoms with Crippen LogP contribution in [0.2, 0.25) is 0 Å². The summed E-state index contributed by atoms with van der Waals surface area (Å²) in [6, 6.07) is 5.68. The van der Waals surface area contributed by atoms with Crippen LogP contribution in [0.15, 0.2) is 35.4 Å². The molecule has 2 saturated carbocycles. The number of nitrogens with one attached hydrogen (secondary N) is 1. The van der Waals surface area contributed by atoms with Gasteiger partial charge in [0.15, 0.2) is 0 Å². The van der Waals surface area contributed by atoms with E-state index in [1.807, 2.05) is 13.8 Å². The molecule has 0 spiro atoms. The second-order valence-corrected chi connectivity index (χ2v) is 6.93. The van der Waals surface area contributed by atoms with Crippen molar-refractivity contribution in [3.05, 3.63) is 45.5 Å². The van der Waals surface area contributed by atoms with Crippen LogP contribution in [0, 0.1) is 33.8 Å². The number of carbonyl (C=O) groups excluding carboxylic acids is 1. The Labute approximate surface area is 144 Å². The predicted octanol–water partition coefficient (Wildman–Crippen LogP) is 3.23. The number of carboxylic acids is 1. The maximum atomic E-state index is 12.8. The summed E-state index contributed by atoms with van der Waals surface area (Å²) in [5, 5.41) is 23.2. The molecule has 0 heterocycles. The molecule has 7 heteroatoms. The highest BCUT2D eigenvalue weighted by Crippen LogP contribution is 2.57. The van der Waals surface area contributed by atoms with Gasteiger partial charge in [0.25, 0.3) is 5.69 Å². The van der Waals surface area contributed by atoms with Gasteiger partial charge >= 0.3 is 5.97 Å². The smallest absolute Gasteiger partial charge is 0.307 e. The second kappa shape index (κ2) is 6.31. The Morgan fingerprint density at radius 3 is 2.40 bits per heavy atom. The first-order valence-electron chi connectivity index (χ1n) is 8.26. The van der Waals surface area contributed by atoms with Gasteiger partial charge in [-0.15, -0.1) is 0 Å². The molecule has 0 aliphatic heterocycles. The Morgan fingerprint density at radius 1 is 1.20 bits per heavy atom. The minimum atomic E-state index is -0.954. The number of carbonyl (C=O) groups is 2. The van der Waals surface area contributed by atoms with Crippen molar-refractivity contribution in [3.63, 3.8) is 0 Å². The molecule has 4 atom stereocenters. The van der Waals surface area contributed by atoms with Crippen LogP contribution in [0.3, 0.4) is 0 Å². The van der Waals surface area contributed by atoms with Gasteiger partial charge in [0.05, 0.1) is 16.8 Å². The lowest BCUT2D eigenvalue weighted by Gasteiger charge is -2.26. The minimum Gasteiger partial charge on any atom is -0.481 e. The Bertz CT molecular complexity index is 781. The van der Waals surface area contributed by atoms with Gasteiger partial charge in [-0.05, 0) is 44.6 Å². The number of benzene rings is 1. The molecule has 2 N–H and O–H groups in total. The highest BCUT2D eigenvalue weighted by atomic mass is 16.6. The highest BCUT2D eigenvalue weighted by Gasteiger charge is 2.57. The lowest BCUT2D eigenvalue weighted by atomic mass is 9.78. The van der Waals surface area contributed by atoms with Gasteiger partial charge in [0.2, 0.25) is 5.91 Å². The van der Waals surface area contributed by atoms with Crippen LogP contribution in [0.4, 0.5) is 11.4 Å². The van der Waals surface area contributed by atoms with Gasteiger partial charge < -0.3 is 10.4 Å². The van der Waals surface area contributed by atoms with Crippen molar-refractivity contribution in [2.45, 2.75) is 26.7 Å². The molecule has 0 radical (unpaired) electrons. The number of nitro groups is 1. The normalized spacial score (nSPS) is 27.2. The number of hydrogen-bond acceptors (Lipinski definition) is 4. The molecular weight excluding hydrogens is 324 g/mol. The van der Waals surface area contributed by atoms with Crippen LogP contribution in [-0.4, -0.2) is 21.9 Å². The third kappa shape index (κ3) is 2.90. The van der Waals surface area contributed by atoms with Gasteiger partial charge in [0, 0.05) is 17.8 Å². The van der Waals surface area contributed by atoms with Crippen molar-refractivity contribution in [3.8, 4) is 0 Å². The number of nitro benzene ring substituents is 1. The molecule has 3 rings (SSSR count). The van der Waals surface area contributed by atoms with Crippen molar-refractivity contribution >= 4 is 23.3 Å². The van der Waals surface area contributed by atoms with E-state index in [1.54, 1.807) is 6.07 Å². The Hall–Kier alpha value is -2.70. The summed E-state index contributed by atoms with van der Waals surface area (Å²) in [6.45, 7) is 3.92. The van der Waals surface area contributed by atoms with Gasteiger partial charge in [0.1, 0.15) is 0 Å². The number of nitrogens with zero attached hydrogens (tertiary/aromatic N) is 1. The summed E-state index contributed by atoms with van der Waals surface area (Å²) >= 11 is 0. The first-order valence-corrected chi connectivity index (χ1v) is 8.26. The fraction of sp³-hybridized carbons (Fsp3) is 0.444. The van der Waals surface area contributed by atoms with E-state index in [2.05, 4.69) is 5.32 Å². The van der Waals surface area contributed by atoms with E-state index in [4.69, 9.17) is 0 Å². The molecule has 132 valence electrons. The van der Waals surface area contributed by atoms with Crippen molar-refractivity contribution in [2.75, 3.05) is 5.32 Å². The van der Waals surface area contributed by atoms with E-state index >= 15 is 0 Å². The largest absolute Gasteiger partial charge is 0.481 e. The van der Waals surface area contributed by atoms with Crippen LogP contribution < -0.4 is 5.32 Å². The van der Waals surface area contributed by atoms with Gasteiger partial charge in [-0.3, -0.25) is 19.7 Å². The number of allylic oxidation sites excluding steroid dienone is 2. The summed E-state index contributed by atoms with van der Waals surface area (Å²) in [7, 11) is 0. The Balaban J connectivity index is 1.88. The third-order valence-electron chi connectivity index (χ3n) is 5.33. The molecular formula is C18H20N2O5. The molecule has 0 unspecified atom stereocenters. The molecule has 1 aromatic carbocycles. The first kappa shape index (κ1) is 17.1. The maximum Gasteiger partial charge on any atom is 0.307 e. The summed E-state index contributed by atoms with van der Waals surface area (Å²) in [5.74, 6) is -2.85. The fourth-order valence-electron chi connectivity index (χ4n) is 4.53. The number of fused-ring (bicyclic) bond motifs is 2. The van der Waals surface area contributed by atoms with Gasteiger partial charge in [-0.2, -0.15) is 0 Å². The van der Waals surface area contributed by atoms with E-state index in [9.17, 15) is 24.8 Å². The second-order valence-electron chi connectivity index (χ2n) is 6.93. The maximum absolute atomic E-state index is 12.8. The number of amides is 1. The average Bonchev–Trinajstić information content (AvgIpc) is 3.11. The van der Waals surface area contributed by atoms with Crippen molar-refractivity contribution in [1.29, 1.82) is 0 Å². The zero-order chi connectivity index (χ0) is 18.3. The third-order valence-corrected chi connectivity index (χ3v) is 5.33. The fourth-order valence-corrected chi connectivity index (χ4v) is 4.53. The zero-order valence-electron chi connectivity index (χ0n) is 14.1. The van der Waals surface area contributed by atoms with Crippen LogP contribution >= 0.6 is 0 Å². The average molecular weight is 344 g/mol. The van der Waals surface area contributed by atoms with Gasteiger partial charge in [-0.1, -0.05) is 17.2 Å². The number of aliphatic carboxylic acids is 1. The molecule has 2 aliphatic carbocycles. The molecule has 2 fully saturated rings. The van der Waals surface area contributed by atoms with Crippen LogP contribution in [0.5, 0.6) is 0 Å². The molecule has 7 nitrogen and oxygen atoms in total. The van der Waals surface area contributed by atoms with E-state index in [0.29, 0.717) is 5.69 Å². The van der Waals surface area contributed by atoms with Crippen LogP contribution in [0.25, 0.3) is 0 Å². The lowest BCUT2D eigenvalue weighted by Crippen LogP contribution is -2.37. The minimum absolute atomic E-state index is 0.0604. The van der Waals surface area contributed by atoms with E-state index in [-0.39, 0.29) is 23.4 Å². The summed E-state index contributed by atoms with van der Waals surface area (Å²) in [4.78, 5) is 34.9. The number of carboxylic acid groups (broad SMARTS) is 1. The zero-order valence-corrected chi connectivity index (χ0v) is 14.1. The SMILES string of the molecule is CC(C)=C1[C@H]2CC[C@@H]1[C@@H](C(=O)Nc1cccc([N+](=O)[O-])c1)[C@H]2C(=O)O. The molecule has 2 aliphatic rings. The lowest BCUT2D eigenvalue weighted by molar-refractivity contribution is -0.384. The van der Waals surface area contributed by atoms with E-state index in [0.717, 1.165) is 24.0 Å². The number of non-ortho nitro benzene ring substituents is 1. The first-order chi connectivity index (χ1) is 11.8.